The Morgan fingerprint density at radius 2 is 1.44 bits per heavy atom. The topological polar surface area (TPSA) is 21.6 Å². The van der Waals surface area contributed by atoms with Gasteiger partial charge in [-0.25, -0.2) is 4.99 Å². The van der Waals surface area contributed by atoms with E-state index >= 15 is 0 Å². The summed E-state index contributed by atoms with van der Waals surface area (Å²) in [6.07, 6.45) is 13.4. The molecule has 0 aromatic heterocycles. The number of nitrogens with zero attached hydrogens (tertiary/aromatic N) is 1. The summed E-state index contributed by atoms with van der Waals surface area (Å²) < 4.78 is 5.58. The van der Waals surface area contributed by atoms with E-state index in [-0.39, 0.29) is 6.10 Å². The van der Waals surface area contributed by atoms with Gasteiger partial charge in [0.05, 0.1) is 6.04 Å². The standard InChI is InChI=1S/C13H22ClNO/c14-13-15-11-9-7-5-3-1-2-4-6-8-10-12(11)16-13/h11-12H,1-10H2. The minimum Gasteiger partial charge on any atom is -0.464 e. The summed E-state index contributed by atoms with van der Waals surface area (Å²) in [4.78, 5) is 4.40. The van der Waals surface area contributed by atoms with Crippen LogP contribution in [0.1, 0.15) is 64.2 Å². The summed E-state index contributed by atoms with van der Waals surface area (Å²) in [5.41, 5.74) is 0. The number of ether oxygens (including phenoxy) is 1. The molecule has 16 heavy (non-hydrogen) atoms. The lowest BCUT2D eigenvalue weighted by Gasteiger charge is -2.17. The van der Waals surface area contributed by atoms with Crippen molar-refractivity contribution in [3.8, 4) is 0 Å². The quantitative estimate of drug-likeness (QED) is 0.623. The van der Waals surface area contributed by atoms with E-state index in [1.54, 1.807) is 0 Å². The predicted molar refractivity (Wildman–Crippen MR) is 68.1 cm³/mol. The van der Waals surface area contributed by atoms with Gasteiger partial charge in [0.1, 0.15) is 6.10 Å². The lowest BCUT2D eigenvalue weighted by molar-refractivity contribution is 0.174. The first-order valence-electron chi connectivity index (χ1n) is 6.76. The molecule has 0 bridgehead atoms. The number of fused-ring (bicyclic) bond motifs is 1. The van der Waals surface area contributed by atoms with Gasteiger partial charge in [-0.05, 0) is 30.9 Å². The van der Waals surface area contributed by atoms with Crippen molar-refractivity contribution >= 4 is 17.0 Å². The van der Waals surface area contributed by atoms with Crippen molar-refractivity contribution in [2.24, 2.45) is 4.99 Å². The minimum absolute atomic E-state index is 0.270. The highest BCUT2D eigenvalue weighted by Gasteiger charge is 2.29. The Morgan fingerprint density at radius 3 is 2.12 bits per heavy atom. The van der Waals surface area contributed by atoms with Crippen molar-refractivity contribution in [3.05, 3.63) is 0 Å². The van der Waals surface area contributed by atoms with Gasteiger partial charge in [-0.2, -0.15) is 0 Å². The van der Waals surface area contributed by atoms with Crippen molar-refractivity contribution in [1.82, 2.24) is 0 Å². The van der Waals surface area contributed by atoms with E-state index in [1.807, 2.05) is 0 Å². The van der Waals surface area contributed by atoms with Crippen LogP contribution in [0.15, 0.2) is 4.99 Å². The van der Waals surface area contributed by atoms with E-state index in [9.17, 15) is 0 Å². The molecule has 0 saturated heterocycles. The summed E-state index contributed by atoms with van der Waals surface area (Å²) in [7, 11) is 0. The van der Waals surface area contributed by atoms with Gasteiger partial charge >= 0.3 is 0 Å². The van der Waals surface area contributed by atoms with E-state index < -0.39 is 0 Å². The van der Waals surface area contributed by atoms with Crippen LogP contribution in [0.2, 0.25) is 0 Å². The molecule has 0 spiro atoms. The largest absolute Gasteiger partial charge is 0.464 e. The molecular formula is C13H22ClNO. The van der Waals surface area contributed by atoms with Crippen LogP contribution in [0, 0.1) is 0 Å². The molecule has 0 amide bonds. The molecule has 1 heterocycles. The van der Waals surface area contributed by atoms with Crippen LogP contribution in [0.5, 0.6) is 0 Å². The summed E-state index contributed by atoms with van der Waals surface area (Å²) in [6.45, 7) is 0. The Morgan fingerprint density at radius 1 is 0.875 bits per heavy atom. The summed E-state index contributed by atoms with van der Waals surface area (Å²) in [5.74, 6) is 0. The summed E-state index contributed by atoms with van der Waals surface area (Å²) in [5, 5.41) is 0.393. The third kappa shape index (κ3) is 3.65. The van der Waals surface area contributed by atoms with Crippen LogP contribution in [-0.2, 0) is 4.74 Å². The van der Waals surface area contributed by atoms with Crippen LogP contribution >= 0.6 is 11.6 Å². The molecule has 0 radical (unpaired) electrons. The van der Waals surface area contributed by atoms with E-state index in [4.69, 9.17) is 16.3 Å². The lowest BCUT2D eigenvalue weighted by Crippen LogP contribution is -2.22. The van der Waals surface area contributed by atoms with Crippen LogP contribution in [0.4, 0.5) is 0 Å². The fourth-order valence-electron chi connectivity index (χ4n) is 2.71. The summed E-state index contributed by atoms with van der Waals surface area (Å²) >= 11 is 5.87. The zero-order chi connectivity index (χ0) is 11.2. The Hall–Kier alpha value is -0.240. The Labute approximate surface area is 103 Å². The van der Waals surface area contributed by atoms with Gasteiger partial charge in [0.15, 0.2) is 0 Å². The second-order valence-corrected chi connectivity index (χ2v) is 5.33. The molecule has 1 saturated carbocycles. The van der Waals surface area contributed by atoms with Gasteiger partial charge in [0.2, 0.25) is 0 Å². The zero-order valence-electron chi connectivity index (χ0n) is 9.96. The first-order chi connectivity index (χ1) is 7.86. The Bertz CT molecular complexity index is 242. The van der Waals surface area contributed by atoms with Crippen LogP contribution < -0.4 is 0 Å². The van der Waals surface area contributed by atoms with E-state index in [0.29, 0.717) is 11.4 Å². The Balaban J connectivity index is 1.84. The predicted octanol–water partition coefficient (Wildman–Crippen LogP) is 4.26. The van der Waals surface area contributed by atoms with Gasteiger partial charge in [0, 0.05) is 0 Å². The molecule has 92 valence electrons. The summed E-state index contributed by atoms with van der Waals surface area (Å²) in [6, 6.07) is 0.340. The smallest absolute Gasteiger partial charge is 0.282 e. The fraction of sp³-hybridized carbons (Fsp3) is 0.923. The molecule has 3 heteroatoms. The van der Waals surface area contributed by atoms with Crippen molar-refractivity contribution in [3.63, 3.8) is 0 Å². The van der Waals surface area contributed by atoms with Gasteiger partial charge in [-0.15, -0.1) is 0 Å². The number of rotatable bonds is 0. The first-order valence-corrected chi connectivity index (χ1v) is 7.14. The molecule has 0 aromatic rings. The molecule has 2 rings (SSSR count). The molecule has 0 aromatic carbocycles. The maximum atomic E-state index is 5.87. The first kappa shape index (κ1) is 12.2. The number of hydrogen-bond donors (Lipinski definition) is 0. The maximum absolute atomic E-state index is 5.87. The zero-order valence-corrected chi connectivity index (χ0v) is 10.7. The molecule has 2 atom stereocenters. The highest BCUT2D eigenvalue weighted by molar-refractivity contribution is 6.63. The third-order valence-electron chi connectivity index (χ3n) is 3.68. The average Bonchev–Trinajstić information content (AvgIpc) is 2.59. The molecule has 1 aliphatic carbocycles. The molecule has 2 aliphatic rings. The number of hydrogen-bond acceptors (Lipinski definition) is 2. The van der Waals surface area contributed by atoms with Crippen LogP contribution in [0.3, 0.4) is 0 Å². The van der Waals surface area contributed by atoms with Gasteiger partial charge in [-0.1, -0.05) is 44.9 Å². The maximum Gasteiger partial charge on any atom is 0.282 e. The normalized spacial score (nSPS) is 32.9. The van der Waals surface area contributed by atoms with Crippen molar-refractivity contribution in [1.29, 1.82) is 0 Å². The lowest BCUT2D eigenvalue weighted by atomic mass is 9.96. The molecule has 2 unspecified atom stereocenters. The van der Waals surface area contributed by atoms with Gasteiger partial charge in [-0.3, -0.25) is 0 Å². The van der Waals surface area contributed by atoms with Gasteiger partial charge in [0.25, 0.3) is 5.36 Å². The second kappa shape index (κ2) is 6.48. The van der Waals surface area contributed by atoms with Crippen molar-refractivity contribution in [2.45, 2.75) is 76.4 Å². The van der Waals surface area contributed by atoms with Crippen LogP contribution in [0.25, 0.3) is 0 Å². The molecule has 0 N–H and O–H groups in total. The average molecular weight is 244 g/mol. The second-order valence-electron chi connectivity index (χ2n) is 5.01. The van der Waals surface area contributed by atoms with Crippen molar-refractivity contribution in [2.75, 3.05) is 0 Å². The monoisotopic (exact) mass is 243 g/mol. The SMILES string of the molecule is ClC1=NC2CCCCCCCCCCC2O1. The van der Waals surface area contributed by atoms with E-state index in [0.717, 1.165) is 12.8 Å². The number of halogens is 1. The third-order valence-corrected chi connectivity index (χ3v) is 3.87. The highest BCUT2D eigenvalue weighted by Crippen LogP contribution is 2.26. The minimum atomic E-state index is 0.270. The van der Waals surface area contributed by atoms with E-state index in [1.165, 1.54) is 51.4 Å². The van der Waals surface area contributed by atoms with Gasteiger partial charge < -0.3 is 4.74 Å². The van der Waals surface area contributed by atoms with E-state index in [2.05, 4.69) is 4.99 Å². The van der Waals surface area contributed by atoms with Crippen LogP contribution in [-0.4, -0.2) is 17.5 Å². The molecule has 2 nitrogen and oxygen atoms in total. The molecule has 1 fully saturated rings. The highest BCUT2D eigenvalue weighted by atomic mass is 35.5. The number of aliphatic imine (C=N–C) groups is 1. The molecular weight excluding hydrogens is 222 g/mol. The Kier molecular flexibility index (Phi) is 4.95. The van der Waals surface area contributed by atoms with Crippen molar-refractivity contribution < 1.29 is 4.74 Å². The molecule has 1 aliphatic heterocycles. The fourth-order valence-corrected chi connectivity index (χ4v) is 2.95.